The molecule has 2 heterocycles. The van der Waals surface area contributed by atoms with Crippen LogP contribution in [0.3, 0.4) is 0 Å². The van der Waals surface area contributed by atoms with Gasteiger partial charge in [0.2, 0.25) is 0 Å². The molecule has 0 spiro atoms. The van der Waals surface area contributed by atoms with E-state index in [9.17, 15) is 10.2 Å². The van der Waals surface area contributed by atoms with E-state index < -0.39 is 12.2 Å². The van der Waals surface area contributed by atoms with Gasteiger partial charge in [0.25, 0.3) is 0 Å². The van der Waals surface area contributed by atoms with Crippen LogP contribution >= 0.6 is 0 Å². The summed E-state index contributed by atoms with van der Waals surface area (Å²) in [7, 11) is 0. The topological polar surface area (TPSA) is 107 Å². The Bertz CT molecular complexity index is 1300. The molecule has 0 aromatic heterocycles. The molecule has 2 fully saturated rings. The van der Waals surface area contributed by atoms with E-state index >= 15 is 0 Å². The van der Waals surface area contributed by atoms with Gasteiger partial charge in [-0.15, -0.1) is 0 Å². The first-order valence-electron chi connectivity index (χ1n) is 21.5. The van der Waals surface area contributed by atoms with E-state index in [0.29, 0.717) is 37.0 Å². The summed E-state index contributed by atoms with van der Waals surface area (Å²) in [6.07, 6.45) is 7.77. The lowest BCUT2D eigenvalue weighted by Crippen LogP contribution is -2.60. The first kappa shape index (κ1) is 45.5. The number of hydrogen-bond donors (Lipinski definition) is 6. The van der Waals surface area contributed by atoms with Crippen LogP contribution in [0.4, 0.5) is 0 Å². The van der Waals surface area contributed by atoms with Gasteiger partial charge in [0.15, 0.2) is 0 Å². The van der Waals surface area contributed by atoms with E-state index in [2.05, 4.69) is 129 Å². The van der Waals surface area contributed by atoms with Gasteiger partial charge >= 0.3 is 0 Å². The van der Waals surface area contributed by atoms with E-state index in [1.165, 1.54) is 11.1 Å². The number of nitrogens with one attached hydrogen (secondary N) is 4. The van der Waals surface area contributed by atoms with Gasteiger partial charge in [0.1, 0.15) is 36.9 Å². The Morgan fingerprint density at radius 1 is 0.600 bits per heavy atom. The lowest BCUT2D eigenvalue weighted by atomic mass is 9.72. The minimum atomic E-state index is -0.589. The third-order valence-corrected chi connectivity index (χ3v) is 12.0. The first-order valence-corrected chi connectivity index (χ1v) is 21.5. The van der Waals surface area contributed by atoms with Crippen molar-refractivity contribution in [1.29, 1.82) is 0 Å². The molecule has 8 nitrogen and oxygen atoms in total. The molecule has 2 aromatic rings. The van der Waals surface area contributed by atoms with Gasteiger partial charge in [-0.05, 0) is 141 Å². The van der Waals surface area contributed by atoms with E-state index in [1.807, 2.05) is 24.3 Å². The highest BCUT2D eigenvalue weighted by molar-refractivity contribution is 5.41. The second-order valence-corrected chi connectivity index (χ2v) is 20.3. The molecular weight excluding hydrogens is 685 g/mol. The van der Waals surface area contributed by atoms with Crippen molar-refractivity contribution >= 4 is 0 Å². The van der Waals surface area contributed by atoms with E-state index in [1.54, 1.807) is 0 Å². The van der Waals surface area contributed by atoms with E-state index in [0.717, 1.165) is 62.9 Å². The summed E-state index contributed by atoms with van der Waals surface area (Å²) in [5.74, 6) is 2.64. The van der Waals surface area contributed by atoms with Crippen LogP contribution in [0.5, 0.6) is 11.5 Å². The molecule has 2 aromatic carbocycles. The van der Waals surface area contributed by atoms with Gasteiger partial charge < -0.3 is 41.0 Å². The third-order valence-electron chi connectivity index (χ3n) is 12.0. The maximum absolute atomic E-state index is 10.9. The molecule has 4 unspecified atom stereocenters. The number of aliphatic hydroxyl groups is 2. The molecule has 2 aliphatic rings. The molecule has 0 amide bonds. The maximum atomic E-state index is 10.9. The molecule has 312 valence electrons. The van der Waals surface area contributed by atoms with E-state index in [-0.39, 0.29) is 40.8 Å². The van der Waals surface area contributed by atoms with Crippen LogP contribution in [-0.4, -0.2) is 83.0 Å². The Morgan fingerprint density at radius 3 is 1.20 bits per heavy atom. The van der Waals surface area contributed by atoms with Gasteiger partial charge in [0, 0.05) is 52.7 Å². The Balaban J connectivity index is 1.23. The van der Waals surface area contributed by atoms with Crippen molar-refractivity contribution in [3.8, 4) is 11.5 Å². The Labute approximate surface area is 335 Å². The van der Waals surface area contributed by atoms with Gasteiger partial charge in [-0.3, -0.25) is 0 Å². The van der Waals surface area contributed by atoms with E-state index in [4.69, 9.17) is 9.47 Å². The summed E-state index contributed by atoms with van der Waals surface area (Å²) in [5, 5.41) is 36.8. The normalized spacial score (nSPS) is 22.1. The zero-order valence-electron chi connectivity index (χ0n) is 36.8. The van der Waals surface area contributed by atoms with Crippen LogP contribution in [0.15, 0.2) is 48.5 Å². The summed E-state index contributed by atoms with van der Waals surface area (Å²) in [5.41, 5.74) is 2.52. The van der Waals surface area contributed by atoms with Gasteiger partial charge in [-0.2, -0.15) is 0 Å². The molecule has 4 rings (SSSR count). The standard InChI is InChI=1S/C47H80N4O4/c1-13-15-41(33-25-43(3,4)50-44(5,6)26-33)48-29-37(52)31-54-39-21-17-35(18-22-39)47(11,12)36-19-23-40(24-20-36)55-32-38(53)30-49-42(16-14-2)34-27-45(7,8)51-46(9,10)28-34/h17-24,33-34,37-38,41-42,48-53H,13-16,25-32H2,1-12H3. The summed E-state index contributed by atoms with van der Waals surface area (Å²) < 4.78 is 12.1. The number of piperidine rings is 2. The Kier molecular flexibility index (Phi) is 15.7. The summed E-state index contributed by atoms with van der Waals surface area (Å²) in [6.45, 7) is 28.9. The minimum absolute atomic E-state index is 0.101. The summed E-state index contributed by atoms with van der Waals surface area (Å²) in [4.78, 5) is 0. The highest BCUT2D eigenvalue weighted by Gasteiger charge is 2.41. The lowest BCUT2D eigenvalue weighted by molar-refractivity contribution is 0.0788. The number of aliphatic hydroxyl groups excluding tert-OH is 2. The van der Waals surface area contributed by atoms with Crippen molar-refractivity contribution in [2.75, 3.05) is 26.3 Å². The molecule has 2 aliphatic heterocycles. The summed E-state index contributed by atoms with van der Waals surface area (Å²) in [6, 6.07) is 17.2. The van der Waals surface area contributed by atoms with Crippen LogP contribution in [0.25, 0.3) is 0 Å². The molecule has 2 saturated heterocycles. The van der Waals surface area contributed by atoms with Crippen LogP contribution in [0, 0.1) is 11.8 Å². The second-order valence-electron chi connectivity index (χ2n) is 20.3. The second kappa shape index (κ2) is 19.0. The predicted molar refractivity (Wildman–Crippen MR) is 229 cm³/mol. The minimum Gasteiger partial charge on any atom is -0.491 e. The maximum Gasteiger partial charge on any atom is 0.119 e. The number of rotatable bonds is 20. The molecule has 6 N–H and O–H groups in total. The van der Waals surface area contributed by atoms with Gasteiger partial charge in [-0.25, -0.2) is 0 Å². The fourth-order valence-electron chi connectivity index (χ4n) is 10.2. The SMILES string of the molecule is CCCC(NCC(O)COc1ccc(C(C)(C)c2ccc(OCC(O)CNC(CCC)C3CC(C)(C)NC(C)(C)C3)cc2)cc1)C1CC(C)(C)NC(C)(C)C1. The fourth-order valence-corrected chi connectivity index (χ4v) is 10.2. The first-order chi connectivity index (χ1) is 25.6. The van der Waals surface area contributed by atoms with Crippen molar-refractivity contribution in [2.24, 2.45) is 11.8 Å². The molecule has 55 heavy (non-hydrogen) atoms. The predicted octanol–water partition coefficient (Wildman–Crippen LogP) is 8.12. The van der Waals surface area contributed by atoms with Crippen molar-refractivity contribution in [3.05, 3.63) is 59.7 Å². The molecular formula is C47H80N4O4. The summed E-state index contributed by atoms with van der Waals surface area (Å²) >= 11 is 0. The molecule has 0 saturated carbocycles. The number of benzene rings is 2. The average molecular weight is 765 g/mol. The largest absolute Gasteiger partial charge is 0.491 e. The molecule has 0 radical (unpaired) electrons. The average Bonchev–Trinajstić information content (AvgIpc) is 3.07. The quantitative estimate of drug-likeness (QED) is 0.0804. The molecule has 4 atom stereocenters. The Morgan fingerprint density at radius 2 is 0.909 bits per heavy atom. The van der Waals surface area contributed by atoms with Crippen LogP contribution in [-0.2, 0) is 5.41 Å². The zero-order chi connectivity index (χ0) is 40.7. The van der Waals surface area contributed by atoms with Gasteiger partial charge in [0.05, 0.1) is 0 Å². The third kappa shape index (κ3) is 14.0. The zero-order valence-corrected chi connectivity index (χ0v) is 36.8. The van der Waals surface area contributed by atoms with Gasteiger partial charge in [-0.1, -0.05) is 64.8 Å². The monoisotopic (exact) mass is 765 g/mol. The van der Waals surface area contributed by atoms with Crippen molar-refractivity contribution < 1.29 is 19.7 Å². The fraction of sp³-hybridized carbons (Fsp3) is 0.745. The van der Waals surface area contributed by atoms with Crippen LogP contribution in [0.2, 0.25) is 0 Å². The smallest absolute Gasteiger partial charge is 0.119 e. The number of hydrogen-bond acceptors (Lipinski definition) is 8. The van der Waals surface area contributed by atoms with Crippen LogP contribution < -0.4 is 30.7 Å². The van der Waals surface area contributed by atoms with Crippen molar-refractivity contribution in [2.45, 2.75) is 186 Å². The molecule has 8 heteroatoms. The van der Waals surface area contributed by atoms with Crippen molar-refractivity contribution in [3.63, 3.8) is 0 Å². The number of ether oxygens (including phenoxy) is 2. The highest BCUT2D eigenvalue weighted by Crippen LogP contribution is 2.38. The Hall–Kier alpha value is -2.20. The van der Waals surface area contributed by atoms with Crippen LogP contribution in [0.1, 0.15) is 146 Å². The highest BCUT2D eigenvalue weighted by atomic mass is 16.5. The molecule has 0 aliphatic carbocycles. The lowest BCUT2D eigenvalue weighted by Gasteiger charge is -2.49. The molecule has 0 bridgehead atoms. The van der Waals surface area contributed by atoms with Crippen molar-refractivity contribution in [1.82, 2.24) is 21.3 Å².